The van der Waals surface area contributed by atoms with Gasteiger partial charge in [-0.05, 0) is 36.8 Å². The van der Waals surface area contributed by atoms with Gasteiger partial charge in [-0.15, -0.1) is 0 Å². The Morgan fingerprint density at radius 3 is 2.68 bits per heavy atom. The number of hydrogen-bond donors (Lipinski definition) is 1. The van der Waals surface area contributed by atoms with Crippen molar-refractivity contribution in [3.05, 3.63) is 63.9 Å². The van der Waals surface area contributed by atoms with Crippen LogP contribution in [0.5, 0.6) is 0 Å². The summed E-state index contributed by atoms with van der Waals surface area (Å²) in [5.41, 5.74) is 2.69. The van der Waals surface area contributed by atoms with Crippen LogP contribution in [-0.4, -0.2) is 0 Å². The molecule has 2 aromatic rings. The van der Waals surface area contributed by atoms with Gasteiger partial charge in [0.1, 0.15) is 11.9 Å². The van der Waals surface area contributed by atoms with Crippen molar-refractivity contribution in [1.29, 1.82) is 5.26 Å². The summed E-state index contributed by atoms with van der Waals surface area (Å²) in [6, 6.07) is 13.7. The van der Waals surface area contributed by atoms with E-state index in [0.717, 1.165) is 11.3 Å². The van der Waals surface area contributed by atoms with Gasteiger partial charge in [-0.1, -0.05) is 34.1 Å². The monoisotopic (exact) mass is 318 g/mol. The van der Waals surface area contributed by atoms with Crippen LogP contribution in [0.15, 0.2) is 46.9 Å². The zero-order valence-electron chi connectivity index (χ0n) is 10.3. The fourth-order valence-electron chi connectivity index (χ4n) is 1.82. The van der Waals surface area contributed by atoms with Crippen molar-refractivity contribution in [3.8, 4) is 6.07 Å². The number of rotatable bonds is 3. The molecule has 0 bridgehead atoms. The second-order valence-electron chi connectivity index (χ2n) is 4.24. The molecule has 0 heterocycles. The summed E-state index contributed by atoms with van der Waals surface area (Å²) in [4.78, 5) is 0. The van der Waals surface area contributed by atoms with Crippen molar-refractivity contribution in [3.63, 3.8) is 0 Å². The third-order valence-corrected chi connectivity index (χ3v) is 3.42. The third-order valence-electron chi connectivity index (χ3n) is 2.73. The highest BCUT2D eigenvalue weighted by molar-refractivity contribution is 9.10. The molecule has 2 nitrogen and oxygen atoms in total. The van der Waals surface area contributed by atoms with Crippen LogP contribution in [0.2, 0.25) is 0 Å². The number of hydrogen-bond acceptors (Lipinski definition) is 2. The topological polar surface area (TPSA) is 35.8 Å². The smallest absolute Gasteiger partial charge is 0.141 e. The van der Waals surface area contributed by atoms with Gasteiger partial charge in [0.25, 0.3) is 0 Å². The maximum absolute atomic E-state index is 13.1. The molecule has 2 aromatic carbocycles. The van der Waals surface area contributed by atoms with E-state index in [0.29, 0.717) is 10.0 Å². The minimum Gasteiger partial charge on any atom is -0.366 e. The zero-order chi connectivity index (χ0) is 13.8. The predicted molar refractivity (Wildman–Crippen MR) is 77.3 cm³/mol. The number of nitrogens with zero attached hydrogens (tertiary/aromatic N) is 1. The second kappa shape index (κ2) is 5.85. The summed E-state index contributed by atoms with van der Waals surface area (Å²) in [6.07, 6.45) is 0. The molecule has 2 rings (SSSR count). The van der Waals surface area contributed by atoms with Gasteiger partial charge in [0.05, 0.1) is 6.07 Å². The summed E-state index contributed by atoms with van der Waals surface area (Å²) in [6.45, 7) is 1.99. The molecule has 0 aliphatic carbocycles. The molecule has 0 radical (unpaired) electrons. The Morgan fingerprint density at radius 1 is 1.26 bits per heavy atom. The van der Waals surface area contributed by atoms with Gasteiger partial charge in [0, 0.05) is 15.7 Å². The molecular formula is C15H12BrFN2. The fraction of sp³-hybridized carbons (Fsp3) is 0.133. The lowest BCUT2D eigenvalue weighted by Gasteiger charge is -2.15. The maximum atomic E-state index is 13.1. The van der Waals surface area contributed by atoms with Crippen molar-refractivity contribution < 1.29 is 4.39 Å². The highest BCUT2D eigenvalue weighted by Crippen LogP contribution is 2.27. The van der Waals surface area contributed by atoms with Crippen molar-refractivity contribution in [2.24, 2.45) is 0 Å². The number of anilines is 1. The largest absolute Gasteiger partial charge is 0.366 e. The van der Waals surface area contributed by atoms with Crippen molar-refractivity contribution in [2.45, 2.75) is 13.0 Å². The minimum atomic E-state index is -0.531. The molecule has 0 saturated carbocycles. The number of nitriles is 1. The first-order valence-corrected chi connectivity index (χ1v) is 6.57. The van der Waals surface area contributed by atoms with Crippen LogP contribution in [0.1, 0.15) is 17.2 Å². The van der Waals surface area contributed by atoms with E-state index < -0.39 is 6.04 Å². The molecule has 0 saturated heterocycles. The van der Waals surface area contributed by atoms with E-state index in [1.54, 1.807) is 6.07 Å². The van der Waals surface area contributed by atoms with Crippen LogP contribution >= 0.6 is 15.9 Å². The molecule has 1 N–H and O–H groups in total. The summed E-state index contributed by atoms with van der Waals surface area (Å²) in [7, 11) is 0. The minimum absolute atomic E-state index is 0.331. The number of nitrogens with one attached hydrogen (secondary N) is 1. The lowest BCUT2D eigenvalue weighted by atomic mass is 10.1. The first kappa shape index (κ1) is 13.6. The van der Waals surface area contributed by atoms with E-state index >= 15 is 0 Å². The summed E-state index contributed by atoms with van der Waals surface area (Å²) in [5, 5.41) is 12.4. The maximum Gasteiger partial charge on any atom is 0.141 e. The van der Waals surface area contributed by atoms with Crippen LogP contribution in [0.3, 0.4) is 0 Å². The van der Waals surface area contributed by atoms with Gasteiger partial charge in [-0.3, -0.25) is 0 Å². The van der Waals surface area contributed by atoms with Gasteiger partial charge in [-0.25, -0.2) is 4.39 Å². The Bertz CT molecular complexity index is 634. The quantitative estimate of drug-likeness (QED) is 0.899. The van der Waals surface area contributed by atoms with E-state index in [9.17, 15) is 9.65 Å². The summed E-state index contributed by atoms with van der Waals surface area (Å²) < 4.78 is 13.6. The van der Waals surface area contributed by atoms with Crippen LogP contribution in [0.25, 0.3) is 0 Å². The van der Waals surface area contributed by atoms with Gasteiger partial charge in [-0.2, -0.15) is 5.26 Å². The average Bonchev–Trinajstić information content (AvgIpc) is 2.37. The Labute approximate surface area is 120 Å². The lowest BCUT2D eigenvalue weighted by molar-refractivity contribution is 0.625. The van der Waals surface area contributed by atoms with E-state index in [1.807, 2.05) is 31.2 Å². The molecule has 0 aliphatic heterocycles. The molecule has 0 aliphatic rings. The van der Waals surface area contributed by atoms with Crippen LogP contribution in [0.4, 0.5) is 10.1 Å². The van der Waals surface area contributed by atoms with Crippen molar-refractivity contribution in [1.82, 2.24) is 0 Å². The van der Waals surface area contributed by atoms with Crippen molar-refractivity contribution >= 4 is 21.6 Å². The Kier molecular flexibility index (Phi) is 4.18. The second-order valence-corrected chi connectivity index (χ2v) is 5.10. The normalized spacial score (nSPS) is 11.7. The van der Waals surface area contributed by atoms with Gasteiger partial charge < -0.3 is 5.32 Å². The van der Waals surface area contributed by atoms with E-state index in [-0.39, 0.29) is 5.82 Å². The molecule has 4 heteroatoms. The Morgan fingerprint density at radius 2 is 2.05 bits per heavy atom. The molecule has 0 fully saturated rings. The highest BCUT2D eigenvalue weighted by Gasteiger charge is 2.14. The van der Waals surface area contributed by atoms with Gasteiger partial charge >= 0.3 is 0 Å². The first-order chi connectivity index (χ1) is 9.10. The average molecular weight is 319 g/mol. The standard InChI is InChI=1S/C15H12BrFN2/c1-10-3-2-4-12(7-10)19-15(9-18)13-6-5-11(17)8-14(13)16/h2-8,15,19H,1H3. The zero-order valence-corrected chi connectivity index (χ0v) is 11.9. The number of aryl methyl sites for hydroxylation is 1. The van der Waals surface area contributed by atoms with E-state index in [1.165, 1.54) is 12.1 Å². The van der Waals surface area contributed by atoms with E-state index in [4.69, 9.17) is 0 Å². The van der Waals surface area contributed by atoms with Crippen LogP contribution in [0, 0.1) is 24.1 Å². The van der Waals surface area contributed by atoms with E-state index in [2.05, 4.69) is 27.3 Å². The molecule has 0 amide bonds. The summed E-state index contributed by atoms with van der Waals surface area (Å²) in [5.74, 6) is -0.331. The molecule has 0 aromatic heterocycles. The lowest BCUT2D eigenvalue weighted by Crippen LogP contribution is -2.09. The summed E-state index contributed by atoms with van der Waals surface area (Å²) >= 11 is 3.29. The number of benzene rings is 2. The molecule has 1 atom stereocenters. The van der Waals surface area contributed by atoms with Crippen LogP contribution < -0.4 is 5.32 Å². The third kappa shape index (κ3) is 3.33. The SMILES string of the molecule is Cc1cccc(NC(C#N)c2ccc(F)cc2Br)c1. The molecule has 1 unspecified atom stereocenters. The molecular weight excluding hydrogens is 307 g/mol. The molecule has 0 spiro atoms. The fourth-order valence-corrected chi connectivity index (χ4v) is 2.40. The van der Waals surface area contributed by atoms with Gasteiger partial charge in [0.2, 0.25) is 0 Å². The molecule has 19 heavy (non-hydrogen) atoms. The predicted octanol–water partition coefficient (Wildman–Crippen LogP) is 4.57. The Balaban J connectivity index is 2.28. The molecule has 96 valence electrons. The van der Waals surface area contributed by atoms with Gasteiger partial charge in [0.15, 0.2) is 0 Å². The number of halogens is 2. The highest BCUT2D eigenvalue weighted by atomic mass is 79.9. The van der Waals surface area contributed by atoms with Crippen LogP contribution in [-0.2, 0) is 0 Å². The first-order valence-electron chi connectivity index (χ1n) is 5.78. The Hall–Kier alpha value is -1.86. The van der Waals surface area contributed by atoms with Crippen molar-refractivity contribution in [2.75, 3.05) is 5.32 Å².